The molecular weight excluding hydrogens is 239 g/mol. The quantitative estimate of drug-likeness (QED) is 0.789. The SMILES string of the molecule is CCCNCC(F)(F)c1c(F)cccc1Cl. The van der Waals surface area contributed by atoms with E-state index < -0.39 is 23.8 Å². The topological polar surface area (TPSA) is 12.0 Å². The Morgan fingerprint density at radius 3 is 2.62 bits per heavy atom. The molecule has 90 valence electrons. The second-order valence-corrected chi connectivity index (χ2v) is 3.89. The van der Waals surface area contributed by atoms with Gasteiger partial charge in [0, 0.05) is 0 Å². The van der Waals surface area contributed by atoms with Crippen molar-refractivity contribution in [2.24, 2.45) is 0 Å². The van der Waals surface area contributed by atoms with E-state index in [1.807, 2.05) is 6.92 Å². The van der Waals surface area contributed by atoms with Gasteiger partial charge >= 0.3 is 0 Å². The second-order valence-electron chi connectivity index (χ2n) is 3.48. The monoisotopic (exact) mass is 251 g/mol. The smallest absolute Gasteiger partial charge is 0.289 e. The van der Waals surface area contributed by atoms with E-state index in [9.17, 15) is 13.2 Å². The van der Waals surface area contributed by atoms with Crippen molar-refractivity contribution in [1.29, 1.82) is 0 Å². The van der Waals surface area contributed by atoms with E-state index >= 15 is 0 Å². The summed E-state index contributed by atoms with van der Waals surface area (Å²) in [5.41, 5.74) is -0.736. The van der Waals surface area contributed by atoms with Crippen molar-refractivity contribution in [2.75, 3.05) is 13.1 Å². The maximum Gasteiger partial charge on any atom is 0.289 e. The van der Waals surface area contributed by atoms with E-state index in [0.29, 0.717) is 6.54 Å². The van der Waals surface area contributed by atoms with Crippen LogP contribution >= 0.6 is 11.6 Å². The predicted molar refractivity (Wildman–Crippen MR) is 58.5 cm³/mol. The standard InChI is InChI=1S/C11H13ClF3N/c1-2-6-16-7-11(14,15)10-8(12)4-3-5-9(10)13/h3-5,16H,2,6-7H2,1H3. The lowest BCUT2D eigenvalue weighted by Crippen LogP contribution is -2.32. The lowest BCUT2D eigenvalue weighted by atomic mass is 10.1. The Hall–Kier alpha value is -0.740. The molecule has 1 N–H and O–H groups in total. The van der Waals surface area contributed by atoms with Crippen LogP contribution in [0.15, 0.2) is 18.2 Å². The van der Waals surface area contributed by atoms with Crippen molar-refractivity contribution in [2.45, 2.75) is 19.3 Å². The van der Waals surface area contributed by atoms with Crippen LogP contribution in [0.1, 0.15) is 18.9 Å². The maximum atomic E-state index is 13.6. The zero-order valence-electron chi connectivity index (χ0n) is 8.87. The Bertz CT molecular complexity index is 335. The first-order chi connectivity index (χ1) is 7.49. The molecule has 0 saturated carbocycles. The summed E-state index contributed by atoms with van der Waals surface area (Å²) in [6, 6.07) is 3.54. The summed E-state index contributed by atoms with van der Waals surface area (Å²) in [5.74, 6) is -4.27. The molecule has 0 amide bonds. The van der Waals surface area contributed by atoms with Crippen molar-refractivity contribution >= 4 is 11.6 Å². The van der Waals surface area contributed by atoms with Crippen molar-refractivity contribution < 1.29 is 13.2 Å². The molecule has 0 aliphatic rings. The van der Waals surface area contributed by atoms with Crippen molar-refractivity contribution in [3.05, 3.63) is 34.6 Å². The number of hydrogen-bond acceptors (Lipinski definition) is 1. The molecule has 0 heterocycles. The van der Waals surface area contributed by atoms with Crippen molar-refractivity contribution in [1.82, 2.24) is 5.32 Å². The van der Waals surface area contributed by atoms with Gasteiger partial charge in [-0.15, -0.1) is 0 Å². The molecular formula is C11H13ClF3N. The number of benzene rings is 1. The molecule has 0 aromatic heterocycles. The molecule has 0 radical (unpaired) electrons. The van der Waals surface area contributed by atoms with E-state index in [-0.39, 0.29) is 5.02 Å². The van der Waals surface area contributed by atoms with Gasteiger partial charge in [0.05, 0.1) is 17.1 Å². The summed E-state index contributed by atoms with van der Waals surface area (Å²) in [6.45, 7) is 1.71. The number of nitrogens with one attached hydrogen (secondary N) is 1. The third kappa shape index (κ3) is 3.12. The van der Waals surface area contributed by atoms with Gasteiger partial charge in [-0.1, -0.05) is 24.6 Å². The van der Waals surface area contributed by atoms with E-state index in [1.165, 1.54) is 12.1 Å². The van der Waals surface area contributed by atoms with E-state index in [4.69, 9.17) is 11.6 Å². The van der Waals surface area contributed by atoms with Crippen LogP contribution in [-0.2, 0) is 5.92 Å². The summed E-state index contributed by atoms with van der Waals surface area (Å²) in [7, 11) is 0. The van der Waals surface area contributed by atoms with E-state index in [2.05, 4.69) is 5.32 Å². The average molecular weight is 252 g/mol. The van der Waals surface area contributed by atoms with Gasteiger partial charge in [-0.3, -0.25) is 0 Å². The fourth-order valence-corrected chi connectivity index (χ4v) is 1.66. The fraction of sp³-hybridized carbons (Fsp3) is 0.455. The molecule has 16 heavy (non-hydrogen) atoms. The van der Waals surface area contributed by atoms with E-state index in [1.54, 1.807) is 0 Å². The molecule has 1 rings (SSSR count). The van der Waals surface area contributed by atoms with Gasteiger partial charge in [0.25, 0.3) is 5.92 Å². The fourth-order valence-electron chi connectivity index (χ4n) is 1.36. The van der Waals surface area contributed by atoms with Crippen LogP contribution in [0.3, 0.4) is 0 Å². The van der Waals surface area contributed by atoms with Crippen LogP contribution in [-0.4, -0.2) is 13.1 Å². The van der Waals surface area contributed by atoms with Gasteiger partial charge in [-0.2, -0.15) is 8.78 Å². The van der Waals surface area contributed by atoms with Gasteiger partial charge in [-0.05, 0) is 25.1 Å². The number of rotatable bonds is 5. The van der Waals surface area contributed by atoms with Crippen molar-refractivity contribution in [3.63, 3.8) is 0 Å². The minimum Gasteiger partial charge on any atom is -0.311 e. The molecule has 5 heteroatoms. The Morgan fingerprint density at radius 2 is 2.06 bits per heavy atom. The van der Waals surface area contributed by atoms with Gasteiger partial charge in [0.15, 0.2) is 0 Å². The molecule has 1 nitrogen and oxygen atoms in total. The highest BCUT2D eigenvalue weighted by atomic mass is 35.5. The summed E-state index contributed by atoms with van der Waals surface area (Å²) in [6.07, 6.45) is 0.737. The third-order valence-corrected chi connectivity index (χ3v) is 2.42. The van der Waals surface area contributed by atoms with Crippen LogP contribution in [0.25, 0.3) is 0 Å². The summed E-state index contributed by atoms with van der Waals surface area (Å²) in [4.78, 5) is 0. The number of alkyl halides is 2. The highest BCUT2D eigenvalue weighted by Gasteiger charge is 2.36. The van der Waals surface area contributed by atoms with Crippen LogP contribution < -0.4 is 5.32 Å². The highest BCUT2D eigenvalue weighted by Crippen LogP contribution is 2.34. The second kappa shape index (κ2) is 5.55. The minimum atomic E-state index is -3.29. The normalized spacial score (nSPS) is 11.8. The third-order valence-electron chi connectivity index (χ3n) is 2.10. The molecule has 0 atom stereocenters. The zero-order valence-corrected chi connectivity index (χ0v) is 9.62. The lowest BCUT2D eigenvalue weighted by molar-refractivity contribution is -0.00620. The van der Waals surface area contributed by atoms with Gasteiger partial charge in [-0.25, -0.2) is 4.39 Å². The summed E-state index contributed by atoms with van der Waals surface area (Å²) < 4.78 is 40.5. The average Bonchev–Trinajstić information content (AvgIpc) is 2.17. The minimum absolute atomic E-state index is 0.247. The zero-order chi connectivity index (χ0) is 12.2. The van der Waals surface area contributed by atoms with Gasteiger partial charge in [0.1, 0.15) is 5.82 Å². The number of hydrogen-bond donors (Lipinski definition) is 1. The molecule has 0 spiro atoms. The predicted octanol–water partition coefficient (Wildman–Crippen LogP) is 3.57. The first-order valence-electron chi connectivity index (χ1n) is 5.02. The number of halogens is 4. The molecule has 0 fully saturated rings. The van der Waals surface area contributed by atoms with Crippen LogP contribution in [0, 0.1) is 5.82 Å². The molecule has 1 aromatic rings. The Kier molecular flexibility index (Phi) is 4.62. The highest BCUT2D eigenvalue weighted by molar-refractivity contribution is 6.31. The molecule has 0 aliphatic carbocycles. The van der Waals surface area contributed by atoms with Gasteiger partial charge < -0.3 is 5.32 Å². The molecule has 0 aliphatic heterocycles. The van der Waals surface area contributed by atoms with Crippen LogP contribution in [0.2, 0.25) is 5.02 Å². The lowest BCUT2D eigenvalue weighted by Gasteiger charge is -2.19. The summed E-state index contributed by atoms with van der Waals surface area (Å²) in [5, 5.41) is 2.31. The van der Waals surface area contributed by atoms with Crippen LogP contribution in [0.4, 0.5) is 13.2 Å². The largest absolute Gasteiger partial charge is 0.311 e. The molecule has 0 unspecified atom stereocenters. The molecule has 0 bridgehead atoms. The van der Waals surface area contributed by atoms with Crippen molar-refractivity contribution in [3.8, 4) is 0 Å². The maximum absolute atomic E-state index is 13.6. The van der Waals surface area contributed by atoms with E-state index in [0.717, 1.165) is 12.5 Å². The summed E-state index contributed by atoms with van der Waals surface area (Å²) >= 11 is 5.58. The van der Waals surface area contributed by atoms with Gasteiger partial charge in [0.2, 0.25) is 0 Å². The Labute approximate surface area is 97.6 Å². The Morgan fingerprint density at radius 1 is 1.38 bits per heavy atom. The molecule has 0 saturated heterocycles. The first kappa shape index (κ1) is 13.3. The first-order valence-corrected chi connectivity index (χ1v) is 5.40. The molecule has 1 aromatic carbocycles. The van der Waals surface area contributed by atoms with Crippen LogP contribution in [0.5, 0.6) is 0 Å². The Balaban J connectivity index is 2.88.